The number of guanidine groups is 1. The van der Waals surface area contributed by atoms with Crippen molar-refractivity contribution in [2.75, 3.05) is 19.8 Å². The zero-order valence-corrected chi connectivity index (χ0v) is 19.1. The Bertz CT molecular complexity index is 603. The minimum atomic E-state index is 0. The molecule has 0 unspecified atom stereocenters. The van der Waals surface area contributed by atoms with Crippen molar-refractivity contribution in [3.63, 3.8) is 0 Å². The number of amides is 1. The number of aryl methyl sites for hydroxylation is 1. The van der Waals surface area contributed by atoms with Crippen LogP contribution in [-0.2, 0) is 11.3 Å². The molecule has 0 saturated heterocycles. The van der Waals surface area contributed by atoms with Crippen LogP contribution in [0.4, 0.5) is 0 Å². The average Bonchev–Trinajstić information content (AvgIpc) is 3.11. The summed E-state index contributed by atoms with van der Waals surface area (Å²) in [6.07, 6.45) is 7.27. The quantitative estimate of drug-likeness (QED) is 0.237. The van der Waals surface area contributed by atoms with Crippen LogP contribution in [0, 0.1) is 6.92 Å². The molecule has 0 radical (unpaired) electrons. The number of aliphatic imine (C=N–C) groups is 1. The van der Waals surface area contributed by atoms with E-state index in [-0.39, 0.29) is 29.9 Å². The minimum Gasteiger partial charge on any atom is -0.356 e. The maximum Gasteiger partial charge on any atom is 0.221 e. The first kappa shape index (κ1) is 23.1. The Kier molecular flexibility index (Phi) is 11.0. The third-order valence-electron chi connectivity index (χ3n) is 4.48. The molecule has 146 valence electrons. The Balaban J connectivity index is 0.00000338. The molecule has 3 N–H and O–H groups in total. The average molecular weight is 490 g/mol. The van der Waals surface area contributed by atoms with Gasteiger partial charge >= 0.3 is 0 Å². The van der Waals surface area contributed by atoms with Crippen LogP contribution in [0.15, 0.2) is 28.1 Å². The van der Waals surface area contributed by atoms with Crippen molar-refractivity contribution in [2.45, 2.75) is 56.5 Å². The first-order chi connectivity index (χ1) is 12.1. The Labute approximate surface area is 178 Å². The van der Waals surface area contributed by atoms with Gasteiger partial charge in [0.1, 0.15) is 0 Å². The second-order valence-corrected chi connectivity index (χ2v) is 7.31. The van der Waals surface area contributed by atoms with E-state index in [0.717, 1.165) is 18.8 Å². The lowest BCUT2D eigenvalue weighted by Crippen LogP contribution is -2.40. The number of thioether (sulfide) groups is 1. The fourth-order valence-corrected chi connectivity index (χ4v) is 3.77. The smallest absolute Gasteiger partial charge is 0.221 e. The summed E-state index contributed by atoms with van der Waals surface area (Å²) < 4.78 is 0. The van der Waals surface area contributed by atoms with Gasteiger partial charge in [0, 0.05) is 37.5 Å². The molecule has 0 heterocycles. The molecular formula is C19H31IN4OS. The van der Waals surface area contributed by atoms with Crippen LogP contribution in [0.25, 0.3) is 0 Å². The Morgan fingerprint density at radius 2 is 2.00 bits per heavy atom. The monoisotopic (exact) mass is 490 g/mol. The third kappa shape index (κ3) is 7.73. The van der Waals surface area contributed by atoms with E-state index in [1.54, 1.807) is 18.8 Å². The minimum absolute atomic E-state index is 0. The van der Waals surface area contributed by atoms with E-state index in [1.165, 1.54) is 28.9 Å². The SMILES string of the molecule is CN=C(NCCC(=O)NC1CCCC1)NCc1ccc(C)cc1SC.I. The second kappa shape index (κ2) is 12.4. The number of halogens is 1. The molecule has 5 nitrogen and oxygen atoms in total. The topological polar surface area (TPSA) is 65.5 Å². The van der Waals surface area contributed by atoms with Crippen molar-refractivity contribution in [3.8, 4) is 0 Å². The number of hydrogen-bond donors (Lipinski definition) is 3. The molecule has 0 bridgehead atoms. The van der Waals surface area contributed by atoms with Crippen molar-refractivity contribution in [2.24, 2.45) is 4.99 Å². The van der Waals surface area contributed by atoms with Gasteiger partial charge in [-0.15, -0.1) is 35.7 Å². The van der Waals surface area contributed by atoms with Crippen LogP contribution in [0.3, 0.4) is 0 Å². The van der Waals surface area contributed by atoms with Crippen LogP contribution in [0.5, 0.6) is 0 Å². The van der Waals surface area contributed by atoms with Crippen LogP contribution >= 0.6 is 35.7 Å². The fraction of sp³-hybridized carbons (Fsp3) is 0.579. The Hall–Kier alpha value is -0.960. The van der Waals surface area contributed by atoms with E-state index >= 15 is 0 Å². The molecule has 0 spiro atoms. The molecule has 2 rings (SSSR count). The van der Waals surface area contributed by atoms with Crippen LogP contribution in [0.2, 0.25) is 0 Å². The Morgan fingerprint density at radius 3 is 2.65 bits per heavy atom. The summed E-state index contributed by atoms with van der Waals surface area (Å²) in [4.78, 5) is 17.5. The van der Waals surface area contributed by atoms with Gasteiger partial charge in [-0.1, -0.05) is 25.0 Å². The van der Waals surface area contributed by atoms with E-state index in [2.05, 4.69) is 52.3 Å². The molecule has 0 aliphatic heterocycles. The molecule has 1 aromatic carbocycles. The standard InChI is InChI=1S/C19H30N4OS.HI/c1-14-8-9-15(17(12-14)25-3)13-22-19(20-2)21-11-10-18(24)23-16-6-4-5-7-16;/h8-9,12,16H,4-7,10-11,13H2,1-3H3,(H,23,24)(H2,20,21,22);1H. The molecule has 7 heteroatoms. The lowest BCUT2D eigenvalue weighted by Gasteiger charge is -2.15. The summed E-state index contributed by atoms with van der Waals surface area (Å²) in [7, 11) is 1.75. The molecule has 0 aromatic heterocycles. The molecule has 0 atom stereocenters. The highest BCUT2D eigenvalue weighted by Gasteiger charge is 2.16. The van der Waals surface area contributed by atoms with Gasteiger partial charge in [-0.05, 0) is 43.2 Å². The summed E-state index contributed by atoms with van der Waals surface area (Å²) in [6.45, 7) is 3.40. The largest absolute Gasteiger partial charge is 0.356 e. The van der Waals surface area contributed by atoms with Gasteiger partial charge in [-0.25, -0.2) is 0 Å². The number of rotatable bonds is 7. The first-order valence-corrected chi connectivity index (χ1v) is 10.2. The third-order valence-corrected chi connectivity index (χ3v) is 5.30. The lowest BCUT2D eigenvalue weighted by atomic mass is 10.1. The normalized spacial score (nSPS) is 14.7. The van der Waals surface area contributed by atoms with Gasteiger partial charge in [0.05, 0.1) is 0 Å². The zero-order chi connectivity index (χ0) is 18.1. The summed E-state index contributed by atoms with van der Waals surface area (Å²) in [6, 6.07) is 6.86. The maximum absolute atomic E-state index is 11.9. The number of carbonyl (C=O) groups is 1. The molecule has 1 aliphatic carbocycles. The highest BCUT2D eigenvalue weighted by atomic mass is 127. The maximum atomic E-state index is 11.9. The summed E-state index contributed by atoms with van der Waals surface area (Å²) in [5.74, 6) is 0.847. The first-order valence-electron chi connectivity index (χ1n) is 8.99. The summed E-state index contributed by atoms with van der Waals surface area (Å²) in [5.41, 5.74) is 2.52. The number of benzene rings is 1. The van der Waals surface area contributed by atoms with Gasteiger partial charge in [0.15, 0.2) is 5.96 Å². The fourth-order valence-electron chi connectivity index (χ4n) is 3.06. The second-order valence-electron chi connectivity index (χ2n) is 6.47. The predicted octanol–water partition coefficient (Wildman–Crippen LogP) is 3.45. The molecule has 1 fully saturated rings. The molecule has 1 saturated carbocycles. The van der Waals surface area contributed by atoms with E-state index in [1.807, 2.05) is 0 Å². The van der Waals surface area contributed by atoms with E-state index in [9.17, 15) is 4.79 Å². The lowest BCUT2D eigenvalue weighted by molar-refractivity contribution is -0.121. The van der Waals surface area contributed by atoms with Crippen LogP contribution < -0.4 is 16.0 Å². The van der Waals surface area contributed by atoms with E-state index < -0.39 is 0 Å². The van der Waals surface area contributed by atoms with Gasteiger partial charge in [0.25, 0.3) is 0 Å². The van der Waals surface area contributed by atoms with Gasteiger partial charge < -0.3 is 16.0 Å². The van der Waals surface area contributed by atoms with Crippen LogP contribution in [-0.4, -0.2) is 37.8 Å². The van der Waals surface area contributed by atoms with E-state index in [4.69, 9.17) is 0 Å². The van der Waals surface area contributed by atoms with Crippen LogP contribution in [0.1, 0.15) is 43.2 Å². The highest BCUT2D eigenvalue weighted by Crippen LogP contribution is 2.21. The van der Waals surface area contributed by atoms with Crippen molar-refractivity contribution in [1.82, 2.24) is 16.0 Å². The number of hydrogen-bond acceptors (Lipinski definition) is 3. The highest BCUT2D eigenvalue weighted by molar-refractivity contribution is 14.0. The molecule has 1 aliphatic rings. The number of carbonyl (C=O) groups excluding carboxylic acids is 1. The van der Waals surface area contributed by atoms with Gasteiger partial charge in [-0.3, -0.25) is 9.79 Å². The zero-order valence-electron chi connectivity index (χ0n) is 15.9. The molecule has 1 amide bonds. The molecule has 1 aromatic rings. The summed E-state index contributed by atoms with van der Waals surface area (Å²) in [5, 5.41) is 9.64. The molecular weight excluding hydrogens is 459 g/mol. The van der Waals surface area contributed by atoms with Crippen molar-refractivity contribution in [1.29, 1.82) is 0 Å². The number of nitrogens with one attached hydrogen (secondary N) is 3. The Morgan fingerprint density at radius 1 is 1.27 bits per heavy atom. The summed E-state index contributed by atoms with van der Waals surface area (Å²) >= 11 is 1.75. The van der Waals surface area contributed by atoms with Gasteiger partial charge in [-0.2, -0.15) is 0 Å². The van der Waals surface area contributed by atoms with Gasteiger partial charge in [0.2, 0.25) is 5.91 Å². The molecule has 26 heavy (non-hydrogen) atoms. The van der Waals surface area contributed by atoms with Crippen molar-refractivity contribution < 1.29 is 4.79 Å². The predicted molar refractivity (Wildman–Crippen MR) is 122 cm³/mol. The van der Waals surface area contributed by atoms with Crippen molar-refractivity contribution >= 4 is 47.6 Å². The number of nitrogens with zero attached hydrogens (tertiary/aromatic N) is 1. The van der Waals surface area contributed by atoms with E-state index in [0.29, 0.717) is 25.6 Å². The van der Waals surface area contributed by atoms with Crippen molar-refractivity contribution in [3.05, 3.63) is 29.3 Å².